The molecule has 0 saturated carbocycles. The molecule has 0 spiro atoms. The topological polar surface area (TPSA) is 180 Å². The first-order valence-electron chi connectivity index (χ1n) is 13.9. The number of urea groups is 1. The largest absolute Gasteiger partial charge is 0.493 e. The fourth-order valence-corrected chi connectivity index (χ4v) is 6.24. The summed E-state index contributed by atoms with van der Waals surface area (Å²) in [4.78, 5) is 47.8. The predicted molar refractivity (Wildman–Crippen MR) is 182 cm³/mol. The van der Waals surface area contributed by atoms with E-state index in [1.165, 1.54) is 25.5 Å². The van der Waals surface area contributed by atoms with Gasteiger partial charge in [0.25, 0.3) is 11.6 Å². The lowest BCUT2D eigenvalue weighted by Gasteiger charge is -2.28. The first-order chi connectivity index (χ1) is 22.5. The number of carbonyl (C=O) groups is 3. The Labute approximate surface area is 291 Å². The quantitative estimate of drug-likeness (QED) is 0.0681. The van der Waals surface area contributed by atoms with Gasteiger partial charge in [-0.2, -0.15) is 5.10 Å². The number of ether oxygens (including phenoxy) is 4. The van der Waals surface area contributed by atoms with E-state index in [0.29, 0.717) is 32.6 Å². The van der Waals surface area contributed by atoms with E-state index in [0.717, 1.165) is 3.57 Å². The minimum Gasteiger partial charge on any atom is -0.493 e. The number of nitrogens with zero attached hydrogens (tertiary/aromatic N) is 2. The van der Waals surface area contributed by atoms with Crippen LogP contribution in [-0.2, 0) is 20.9 Å². The van der Waals surface area contributed by atoms with E-state index in [2.05, 4.69) is 59.7 Å². The zero-order valence-electron chi connectivity index (χ0n) is 25.3. The second-order valence-electron chi connectivity index (χ2n) is 9.81. The number of hydrogen-bond donors (Lipinski definition) is 3. The molecule has 1 aliphatic heterocycles. The Hall–Kier alpha value is -4.71. The Morgan fingerprint density at radius 1 is 1.15 bits per heavy atom. The Morgan fingerprint density at radius 3 is 2.64 bits per heavy atom. The van der Waals surface area contributed by atoms with Crippen molar-refractivity contribution in [2.75, 3.05) is 20.3 Å². The molecule has 3 aromatic rings. The summed E-state index contributed by atoms with van der Waals surface area (Å²) in [6, 6.07) is 13.3. The molecule has 0 saturated heterocycles. The molecule has 0 fully saturated rings. The molecule has 16 heteroatoms. The smallest absolute Gasteiger partial charge is 0.338 e. The maximum atomic E-state index is 12.6. The van der Waals surface area contributed by atoms with Crippen molar-refractivity contribution in [3.05, 3.63) is 101 Å². The minimum absolute atomic E-state index is 0.0153. The zero-order valence-corrected chi connectivity index (χ0v) is 29.0. The van der Waals surface area contributed by atoms with Gasteiger partial charge in [-0.05, 0) is 93.3 Å². The lowest BCUT2D eigenvalue weighted by atomic mass is 9.95. The average Bonchev–Trinajstić information content (AvgIpc) is 3.03. The third kappa shape index (κ3) is 9.19. The molecule has 1 aliphatic rings. The number of hydrazone groups is 1. The Kier molecular flexibility index (Phi) is 12.1. The van der Waals surface area contributed by atoms with Crippen LogP contribution in [0.2, 0.25) is 0 Å². The number of rotatable bonds is 13. The summed E-state index contributed by atoms with van der Waals surface area (Å²) in [5.41, 5.74) is 4.88. The van der Waals surface area contributed by atoms with Crippen molar-refractivity contribution in [2.45, 2.75) is 26.5 Å². The summed E-state index contributed by atoms with van der Waals surface area (Å²) in [5.74, 6) is -0.0133. The molecule has 1 atom stereocenters. The van der Waals surface area contributed by atoms with Gasteiger partial charge in [0, 0.05) is 17.8 Å². The van der Waals surface area contributed by atoms with E-state index in [1.807, 2.05) is 0 Å². The van der Waals surface area contributed by atoms with Gasteiger partial charge in [-0.25, -0.2) is 15.0 Å². The number of nitro groups is 1. The van der Waals surface area contributed by atoms with Gasteiger partial charge in [0.05, 0.1) is 44.5 Å². The number of allylic oxidation sites excluding steroid dienone is 1. The van der Waals surface area contributed by atoms with Crippen molar-refractivity contribution >= 4 is 68.3 Å². The molecule has 3 N–H and O–H groups in total. The van der Waals surface area contributed by atoms with E-state index in [4.69, 9.17) is 18.9 Å². The van der Waals surface area contributed by atoms with Crippen molar-refractivity contribution in [3.8, 4) is 17.2 Å². The zero-order chi connectivity index (χ0) is 34.1. The second kappa shape index (κ2) is 16.2. The summed E-state index contributed by atoms with van der Waals surface area (Å²) in [6.45, 7) is 3.23. The molecular weight excluding hydrogens is 793 g/mol. The first-order valence-corrected chi connectivity index (χ1v) is 15.8. The van der Waals surface area contributed by atoms with Crippen molar-refractivity contribution in [1.29, 1.82) is 0 Å². The molecule has 3 aromatic carbocycles. The van der Waals surface area contributed by atoms with Gasteiger partial charge in [-0.3, -0.25) is 14.9 Å². The highest BCUT2D eigenvalue weighted by Crippen LogP contribution is 2.35. The van der Waals surface area contributed by atoms with Crippen LogP contribution in [0.4, 0.5) is 10.5 Å². The molecule has 246 valence electrons. The summed E-state index contributed by atoms with van der Waals surface area (Å²) >= 11 is 5.58. The van der Waals surface area contributed by atoms with Crippen molar-refractivity contribution in [3.63, 3.8) is 0 Å². The number of carbonyl (C=O) groups excluding carboxylic acids is 3. The molecular formula is C31H29BrIN5O9. The van der Waals surface area contributed by atoms with Crippen LogP contribution in [0.25, 0.3) is 0 Å². The summed E-state index contributed by atoms with van der Waals surface area (Å²) in [7, 11) is 1.42. The molecule has 0 unspecified atom stereocenters. The van der Waals surface area contributed by atoms with Crippen molar-refractivity contribution in [1.82, 2.24) is 16.1 Å². The third-order valence-electron chi connectivity index (χ3n) is 6.57. The SMILES string of the molecule is CCOC(=O)C1=C(C)NC(=O)N[C@@H]1c1ccc(OCC(=O)N/N=C\c2cc(Br)c(OCc3cccc([N+](=O)[O-])c3)c(I)c2)c(OC)c1. The Morgan fingerprint density at radius 2 is 1.94 bits per heavy atom. The number of benzene rings is 3. The molecule has 47 heavy (non-hydrogen) atoms. The second-order valence-corrected chi connectivity index (χ2v) is 11.8. The standard InChI is InChI=1S/C31H29BrIN5O9/c1-4-45-30(40)27-17(2)35-31(41)36-28(27)20-8-9-24(25(13-20)44-3)46-16-26(39)37-34-14-19-11-22(32)29(23(33)12-19)47-15-18-6-5-7-21(10-18)38(42)43/h5-14,28H,4,15-16H2,1-3H3,(H,37,39)(H2,35,36,41)/b34-14-/t28-/m1/s1. The van der Waals surface area contributed by atoms with E-state index < -0.39 is 28.9 Å². The molecule has 0 bridgehead atoms. The van der Waals surface area contributed by atoms with Crippen LogP contribution >= 0.6 is 38.5 Å². The summed E-state index contributed by atoms with van der Waals surface area (Å²) < 4.78 is 23.5. The number of nitro benzene ring substituents is 1. The highest BCUT2D eigenvalue weighted by Gasteiger charge is 2.32. The highest BCUT2D eigenvalue weighted by molar-refractivity contribution is 14.1. The molecule has 4 rings (SSSR count). The molecule has 14 nitrogen and oxygen atoms in total. The number of hydrogen-bond acceptors (Lipinski definition) is 10. The molecule has 0 aromatic heterocycles. The predicted octanol–water partition coefficient (Wildman–Crippen LogP) is 5.27. The summed E-state index contributed by atoms with van der Waals surface area (Å²) in [5, 5.41) is 20.3. The average molecular weight is 822 g/mol. The van der Waals surface area contributed by atoms with Gasteiger partial charge < -0.3 is 29.6 Å². The number of esters is 1. The Bertz CT molecular complexity index is 1740. The van der Waals surface area contributed by atoms with Crippen LogP contribution < -0.4 is 30.3 Å². The van der Waals surface area contributed by atoms with Crippen LogP contribution in [0, 0.1) is 13.7 Å². The van der Waals surface area contributed by atoms with Crippen LogP contribution in [-0.4, -0.2) is 49.4 Å². The van der Waals surface area contributed by atoms with Crippen molar-refractivity contribution < 1.29 is 38.3 Å². The van der Waals surface area contributed by atoms with Gasteiger partial charge in [0.1, 0.15) is 12.4 Å². The maximum Gasteiger partial charge on any atom is 0.338 e. The number of halogens is 2. The number of nitrogens with one attached hydrogen (secondary N) is 3. The van der Waals surface area contributed by atoms with E-state index >= 15 is 0 Å². The Balaban J connectivity index is 1.35. The number of non-ortho nitro benzene ring substituents is 1. The molecule has 0 radical (unpaired) electrons. The van der Waals surface area contributed by atoms with Crippen LogP contribution in [0.3, 0.4) is 0 Å². The van der Waals surface area contributed by atoms with Crippen LogP contribution in [0.15, 0.2) is 75.4 Å². The number of methoxy groups -OCH3 is 1. The van der Waals surface area contributed by atoms with Crippen molar-refractivity contribution in [2.24, 2.45) is 5.10 Å². The fourth-order valence-electron chi connectivity index (χ4n) is 4.47. The molecule has 0 aliphatic carbocycles. The lowest BCUT2D eigenvalue weighted by molar-refractivity contribution is -0.384. The molecule has 3 amide bonds. The fraction of sp³-hybridized carbons (Fsp3) is 0.226. The number of amides is 3. The van der Waals surface area contributed by atoms with Crippen LogP contribution in [0.1, 0.15) is 36.6 Å². The normalized spacial score (nSPS) is 14.2. The minimum atomic E-state index is -0.792. The van der Waals surface area contributed by atoms with E-state index in [9.17, 15) is 24.5 Å². The van der Waals surface area contributed by atoms with E-state index in [1.54, 1.807) is 56.3 Å². The van der Waals surface area contributed by atoms with E-state index in [-0.39, 0.29) is 42.6 Å². The maximum absolute atomic E-state index is 12.6. The third-order valence-corrected chi connectivity index (χ3v) is 7.96. The van der Waals surface area contributed by atoms with Gasteiger partial charge in [0.15, 0.2) is 18.1 Å². The van der Waals surface area contributed by atoms with Gasteiger partial charge in [0.2, 0.25) is 0 Å². The first kappa shape index (κ1) is 35.1. The summed E-state index contributed by atoms with van der Waals surface area (Å²) in [6.07, 6.45) is 1.45. The van der Waals surface area contributed by atoms with Crippen LogP contribution in [0.5, 0.6) is 17.2 Å². The van der Waals surface area contributed by atoms with Gasteiger partial charge in [-0.15, -0.1) is 0 Å². The monoisotopic (exact) mass is 821 g/mol. The van der Waals surface area contributed by atoms with Gasteiger partial charge in [-0.1, -0.05) is 18.2 Å². The highest BCUT2D eigenvalue weighted by atomic mass is 127. The lowest BCUT2D eigenvalue weighted by Crippen LogP contribution is -2.45. The molecule has 1 heterocycles. The van der Waals surface area contributed by atoms with Gasteiger partial charge >= 0.3 is 12.0 Å².